The molecular formula is C18H17N5O2S2. The topological polar surface area (TPSA) is 89.6 Å². The van der Waals surface area contributed by atoms with Crippen LogP contribution >= 0.6 is 23.1 Å². The Labute approximate surface area is 163 Å². The summed E-state index contributed by atoms with van der Waals surface area (Å²) in [5.74, 6) is 1.02. The molecule has 7 nitrogen and oxygen atoms in total. The van der Waals surface area contributed by atoms with Gasteiger partial charge in [-0.2, -0.15) is 0 Å². The molecule has 1 atom stereocenters. The Kier molecular flexibility index (Phi) is 5.21. The second-order valence-corrected chi connectivity index (χ2v) is 8.14. The number of rotatable bonds is 7. The van der Waals surface area contributed by atoms with E-state index in [0.717, 1.165) is 11.3 Å². The smallest absolute Gasteiger partial charge is 0.343 e. The van der Waals surface area contributed by atoms with Crippen LogP contribution in [-0.2, 0) is 13.0 Å². The molecular weight excluding hydrogens is 382 g/mol. The number of benzene rings is 1. The van der Waals surface area contributed by atoms with Gasteiger partial charge in [0.1, 0.15) is 0 Å². The summed E-state index contributed by atoms with van der Waals surface area (Å²) >= 11 is 2.97. The molecule has 138 valence electrons. The van der Waals surface area contributed by atoms with Crippen molar-refractivity contribution in [2.45, 2.75) is 30.3 Å². The van der Waals surface area contributed by atoms with Gasteiger partial charge in [0.05, 0.1) is 10.1 Å². The summed E-state index contributed by atoms with van der Waals surface area (Å²) in [5.41, 5.74) is 0.956. The summed E-state index contributed by atoms with van der Waals surface area (Å²) in [6.45, 7) is 2.51. The fourth-order valence-corrected chi connectivity index (χ4v) is 4.14. The number of hydrogen-bond donors (Lipinski definition) is 1. The van der Waals surface area contributed by atoms with Crippen LogP contribution in [0.15, 0.2) is 62.2 Å². The van der Waals surface area contributed by atoms with E-state index in [1.54, 1.807) is 15.9 Å². The molecule has 1 N–H and O–H groups in total. The quantitative estimate of drug-likeness (QED) is 0.476. The minimum atomic E-state index is -0.217. The molecule has 0 aliphatic rings. The van der Waals surface area contributed by atoms with Crippen LogP contribution in [0.1, 0.15) is 23.6 Å². The van der Waals surface area contributed by atoms with E-state index in [1.165, 1.54) is 17.3 Å². The van der Waals surface area contributed by atoms with E-state index in [9.17, 15) is 4.79 Å². The van der Waals surface area contributed by atoms with Gasteiger partial charge < -0.3 is 4.42 Å². The summed E-state index contributed by atoms with van der Waals surface area (Å²) in [6, 6.07) is 13.9. The molecule has 0 amide bonds. The molecule has 3 aromatic heterocycles. The highest BCUT2D eigenvalue weighted by Gasteiger charge is 2.20. The third-order valence-electron chi connectivity index (χ3n) is 3.99. The molecule has 9 heteroatoms. The number of H-pyrrole nitrogens is 1. The lowest BCUT2D eigenvalue weighted by atomic mass is 10.1. The fraction of sp³-hybridized carbons (Fsp3) is 0.222. The summed E-state index contributed by atoms with van der Waals surface area (Å²) < 4.78 is 7.42. The van der Waals surface area contributed by atoms with Crippen molar-refractivity contribution in [1.82, 2.24) is 25.0 Å². The highest BCUT2D eigenvalue weighted by molar-refractivity contribution is 7.99. The predicted molar refractivity (Wildman–Crippen MR) is 105 cm³/mol. The number of nitrogens with zero attached hydrogens (tertiary/aromatic N) is 4. The van der Waals surface area contributed by atoms with Crippen molar-refractivity contribution in [3.05, 3.63) is 69.8 Å². The summed E-state index contributed by atoms with van der Waals surface area (Å²) in [5, 5.41) is 17.4. The zero-order chi connectivity index (χ0) is 18.6. The van der Waals surface area contributed by atoms with E-state index in [1.807, 2.05) is 54.8 Å². The lowest BCUT2D eigenvalue weighted by molar-refractivity contribution is 0.509. The standard InChI is InChI=1S/C18H17N5O2S2/c1-12(15-19-20-16(25-15)14-8-5-11-26-14)27-18-22-21-17(24)23(18)10-9-13-6-3-2-4-7-13/h2-8,11-12H,9-10H2,1H3,(H,21,24)/t12-/m1/s1. The molecule has 4 aromatic rings. The van der Waals surface area contributed by atoms with Crippen molar-refractivity contribution in [1.29, 1.82) is 0 Å². The molecule has 0 bridgehead atoms. The molecule has 0 aliphatic carbocycles. The minimum Gasteiger partial charge on any atom is -0.419 e. The van der Waals surface area contributed by atoms with Gasteiger partial charge in [-0.3, -0.25) is 4.57 Å². The highest BCUT2D eigenvalue weighted by Crippen LogP contribution is 2.34. The fourth-order valence-electron chi connectivity index (χ4n) is 2.58. The second kappa shape index (κ2) is 7.93. The number of aromatic amines is 1. The van der Waals surface area contributed by atoms with E-state index in [-0.39, 0.29) is 10.9 Å². The average molecular weight is 400 g/mol. The van der Waals surface area contributed by atoms with Crippen molar-refractivity contribution in [3.63, 3.8) is 0 Å². The van der Waals surface area contributed by atoms with Crippen LogP contribution in [0.2, 0.25) is 0 Å². The maximum Gasteiger partial charge on any atom is 0.343 e. The minimum absolute atomic E-state index is 0.128. The molecule has 0 saturated carbocycles. The van der Waals surface area contributed by atoms with Gasteiger partial charge in [0, 0.05) is 6.54 Å². The zero-order valence-electron chi connectivity index (χ0n) is 14.5. The first-order valence-corrected chi connectivity index (χ1v) is 10.2. The molecule has 0 fully saturated rings. The molecule has 0 saturated heterocycles. The molecule has 3 heterocycles. The lowest BCUT2D eigenvalue weighted by Crippen LogP contribution is -2.19. The van der Waals surface area contributed by atoms with Gasteiger partial charge in [-0.15, -0.1) is 26.6 Å². The average Bonchev–Trinajstić information content (AvgIpc) is 3.43. The summed E-state index contributed by atoms with van der Waals surface area (Å²) in [4.78, 5) is 13.1. The maximum absolute atomic E-state index is 12.1. The van der Waals surface area contributed by atoms with Gasteiger partial charge >= 0.3 is 5.69 Å². The third kappa shape index (κ3) is 4.04. The van der Waals surface area contributed by atoms with E-state index >= 15 is 0 Å². The van der Waals surface area contributed by atoms with Crippen LogP contribution in [0.4, 0.5) is 0 Å². The number of nitrogens with one attached hydrogen (secondary N) is 1. The first-order chi connectivity index (χ1) is 13.2. The zero-order valence-corrected chi connectivity index (χ0v) is 16.2. The van der Waals surface area contributed by atoms with Crippen LogP contribution in [0.3, 0.4) is 0 Å². The monoisotopic (exact) mass is 399 g/mol. The second-order valence-electron chi connectivity index (χ2n) is 5.88. The van der Waals surface area contributed by atoms with Crippen molar-refractivity contribution in [2.24, 2.45) is 0 Å². The Bertz CT molecular complexity index is 1050. The van der Waals surface area contributed by atoms with Crippen LogP contribution in [0.5, 0.6) is 0 Å². The van der Waals surface area contributed by atoms with Gasteiger partial charge in [-0.25, -0.2) is 9.89 Å². The van der Waals surface area contributed by atoms with Crippen molar-refractivity contribution < 1.29 is 4.42 Å². The molecule has 0 aliphatic heterocycles. The third-order valence-corrected chi connectivity index (χ3v) is 5.93. The van der Waals surface area contributed by atoms with Gasteiger partial charge in [0.2, 0.25) is 5.89 Å². The molecule has 4 rings (SSSR count). The van der Waals surface area contributed by atoms with Crippen molar-refractivity contribution in [2.75, 3.05) is 0 Å². The van der Waals surface area contributed by atoms with E-state index < -0.39 is 0 Å². The number of thioether (sulfide) groups is 1. The Morgan fingerprint density at radius 3 is 2.85 bits per heavy atom. The number of aryl methyl sites for hydroxylation is 1. The Hall–Kier alpha value is -2.65. The summed E-state index contributed by atoms with van der Waals surface area (Å²) in [7, 11) is 0. The molecule has 0 unspecified atom stereocenters. The lowest BCUT2D eigenvalue weighted by Gasteiger charge is -2.08. The Balaban J connectivity index is 1.47. The Morgan fingerprint density at radius 1 is 1.22 bits per heavy atom. The Morgan fingerprint density at radius 2 is 2.07 bits per heavy atom. The van der Waals surface area contributed by atoms with Crippen LogP contribution < -0.4 is 5.69 Å². The largest absolute Gasteiger partial charge is 0.419 e. The first kappa shape index (κ1) is 17.7. The maximum atomic E-state index is 12.1. The summed E-state index contributed by atoms with van der Waals surface area (Å²) in [6.07, 6.45) is 0.755. The molecule has 0 radical (unpaired) electrons. The molecule has 27 heavy (non-hydrogen) atoms. The van der Waals surface area contributed by atoms with Gasteiger partial charge in [-0.1, -0.05) is 48.2 Å². The van der Waals surface area contributed by atoms with E-state index in [4.69, 9.17) is 4.42 Å². The predicted octanol–water partition coefficient (Wildman–Crippen LogP) is 3.78. The normalized spacial score (nSPS) is 12.3. The van der Waals surface area contributed by atoms with Crippen LogP contribution in [0, 0.1) is 0 Å². The molecule has 1 aromatic carbocycles. The van der Waals surface area contributed by atoms with Crippen molar-refractivity contribution in [3.8, 4) is 10.8 Å². The van der Waals surface area contributed by atoms with E-state index in [2.05, 4.69) is 20.4 Å². The first-order valence-electron chi connectivity index (χ1n) is 8.44. The van der Waals surface area contributed by atoms with Gasteiger partial charge in [0.25, 0.3) is 5.89 Å². The number of aromatic nitrogens is 5. The number of hydrogen-bond acceptors (Lipinski definition) is 7. The van der Waals surface area contributed by atoms with Crippen LogP contribution in [-0.4, -0.2) is 25.0 Å². The van der Waals surface area contributed by atoms with Crippen molar-refractivity contribution >= 4 is 23.1 Å². The van der Waals surface area contributed by atoms with Crippen LogP contribution in [0.25, 0.3) is 10.8 Å². The van der Waals surface area contributed by atoms with E-state index in [0.29, 0.717) is 23.5 Å². The van der Waals surface area contributed by atoms with Gasteiger partial charge in [0.15, 0.2) is 5.16 Å². The van der Waals surface area contributed by atoms with Gasteiger partial charge in [-0.05, 0) is 30.4 Å². The number of thiophene rings is 1. The SMILES string of the molecule is C[C@@H](Sc1n[nH]c(=O)n1CCc1ccccc1)c1nnc(-c2cccs2)o1. The molecule has 0 spiro atoms. The highest BCUT2D eigenvalue weighted by atomic mass is 32.2.